The summed E-state index contributed by atoms with van der Waals surface area (Å²) in [5.41, 5.74) is -2.66. The molecule has 0 saturated carbocycles. The van der Waals surface area contributed by atoms with Crippen LogP contribution in [0.1, 0.15) is 25.0 Å². The topological polar surface area (TPSA) is 106 Å². The van der Waals surface area contributed by atoms with Crippen LogP contribution < -0.4 is 10.2 Å². The lowest BCUT2D eigenvalue weighted by Gasteiger charge is -2.26. The molecule has 1 aliphatic rings. The number of nitriles is 1. The van der Waals surface area contributed by atoms with Crippen molar-refractivity contribution in [3.63, 3.8) is 0 Å². The largest absolute Gasteiger partial charge is 0.417 e. The predicted molar refractivity (Wildman–Crippen MR) is 120 cm³/mol. The Balaban J connectivity index is 1.59. The molecule has 2 aromatic carbocycles. The molecule has 35 heavy (non-hydrogen) atoms. The van der Waals surface area contributed by atoms with Gasteiger partial charge in [0.05, 0.1) is 40.3 Å². The molecule has 4 rings (SSSR count). The number of fused-ring (bicyclic) bond motifs is 1. The van der Waals surface area contributed by atoms with E-state index >= 15 is 0 Å². The molecular weight excluding hydrogens is 463 g/mol. The minimum atomic E-state index is -4.87. The summed E-state index contributed by atoms with van der Waals surface area (Å²) in [6, 6.07) is 12.0. The van der Waals surface area contributed by atoms with Crippen molar-refractivity contribution in [3.05, 3.63) is 65.9 Å². The number of hydrogen-bond acceptors (Lipinski definition) is 5. The Morgan fingerprint density at radius 3 is 2.54 bits per heavy atom. The third-order valence-corrected chi connectivity index (χ3v) is 5.69. The SMILES string of the molecule is CC1(C)C(=O)N(c2ccc(C#N)c(C(F)(F)F)c2)C(=O)N1CC(=O)Nc1cnc2ccccc2c1. The molecule has 1 fully saturated rings. The van der Waals surface area contributed by atoms with Crippen LogP contribution in [0.2, 0.25) is 0 Å². The molecule has 1 aliphatic heterocycles. The van der Waals surface area contributed by atoms with Crippen molar-refractivity contribution in [3.8, 4) is 6.07 Å². The summed E-state index contributed by atoms with van der Waals surface area (Å²) < 4.78 is 40.2. The number of rotatable bonds is 4. The fraction of sp³-hybridized carbons (Fsp3) is 0.208. The molecule has 8 nitrogen and oxygen atoms in total. The molecule has 178 valence electrons. The number of halogens is 3. The number of nitrogens with one attached hydrogen (secondary N) is 1. The Bertz CT molecular complexity index is 1410. The van der Waals surface area contributed by atoms with E-state index in [9.17, 15) is 27.6 Å². The number of nitrogens with zero attached hydrogens (tertiary/aromatic N) is 4. The van der Waals surface area contributed by atoms with E-state index in [0.29, 0.717) is 16.7 Å². The van der Waals surface area contributed by atoms with Gasteiger partial charge in [-0.05, 0) is 44.2 Å². The summed E-state index contributed by atoms with van der Waals surface area (Å²) in [5, 5.41) is 12.4. The van der Waals surface area contributed by atoms with Crippen molar-refractivity contribution < 1.29 is 27.6 Å². The molecule has 1 N–H and O–H groups in total. The monoisotopic (exact) mass is 481 g/mol. The maximum atomic E-state index is 13.4. The standard InChI is InChI=1S/C24H18F3N5O3/c1-23(2)21(34)32(17-8-7-15(11-28)18(10-17)24(25,26)27)22(35)31(23)13-20(33)30-16-9-14-5-3-4-6-19(14)29-12-16/h3-10,12H,13H2,1-2H3,(H,30,33). The molecule has 0 atom stereocenters. The second kappa shape index (κ2) is 8.39. The van der Waals surface area contributed by atoms with Crippen molar-refractivity contribution in [1.82, 2.24) is 9.88 Å². The fourth-order valence-electron chi connectivity index (χ4n) is 3.82. The lowest BCUT2D eigenvalue weighted by atomic mass is 10.0. The first-order chi connectivity index (χ1) is 16.4. The van der Waals surface area contributed by atoms with Crippen LogP contribution in [0.5, 0.6) is 0 Å². The fourth-order valence-corrected chi connectivity index (χ4v) is 3.82. The lowest BCUT2D eigenvalue weighted by molar-refractivity contribution is -0.137. The second-order valence-electron chi connectivity index (χ2n) is 8.37. The minimum absolute atomic E-state index is 0.346. The van der Waals surface area contributed by atoms with Gasteiger partial charge in [-0.25, -0.2) is 9.69 Å². The number of carbonyl (C=O) groups excluding carboxylic acids is 3. The van der Waals surface area contributed by atoms with E-state index in [-0.39, 0.29) is 5.69 Å². The van der Waals surface area contributed by atoms with Crippen molar-refractivity contribution in [2.24, 2.45) is 0 Å². The van der Waals surface area contributed by atoms with Crippen LogP contribution in [0.15, 0.2) is 54.7 Å². The minimum Gasteiger partial charge on any atom is -0.323 e. The summed E-state index contributed by atoms with van der Waals surface area (Å²) in [6.45, 7) is 2.27. The van der Waals surface area contributed by atoms with Gasteiger partial charge in [-0.3, -0.25) is 14.6 Å². The highest BCUT2D eigenvalue weighted by molar-refractivity contribution is 6.23. The predicted octanol–water partition coefficient (Wildman–Crippen LogP) is 4.31. The first-order valence-corrected chi connectivity index (χ1v) is 10.4. The van der Waals surface area contributed by atoms with Crippen LogP contribution in [0.3, 0.4) is 0 Å². The molecule has 4 amide bonds. The lowest BCUT2D eigenvalue weighted by Crippen LogP contribution is -2.47. The van der Waals surface area contributed by atoms with Gasteiger partial charge in [-0.2, -0.15) is 18.4 Å². The molecule has 11 heteroatoms. The molecule has 3 aromatic rings. The van der Waals surface area contributed by atoms with E-state index in [1.165, 1.54) is 26.1 Å². The van der Waals surface area contributed by atoms with Crippen LogP contribution in [-0.4, -0.2) is 39.8 Å². The zero-order valence-corrected chi connectivity index (χ0v) is 18.6. The van der Waals surface area contributed by atoms with E-state index in [2.05, 4.69) is 10.3 Å². The Labute approximate surface area is 197 Å². The maximum Gasteiger partial charge on any atom is 0.417 e. The molecule has 1 saturated heterocycles. The summed E-state index contributed by atoms with van der Waals surface area (Å²) >= 11 is 0. The van der Waals surface area contributed by atoms with Gasteiger partial charge in [0.1, 0.15) is 12.1 Å². The van der Waals surface area contributed by atoms with Crippen molar-refractivity contribution in [2.75, 3.05) is 16.8 Å². The van der Waals surface area contributed by atoms with E-state index < -0.39 is 47.2 Å². The highest BCUT2D eigenvalue weighted by Gasteiger charge is 2.52. The van der Waals surface area contributed by atoms with E-state index in [0.717, 1.165) is 27.9 Å². The van der Waals surface area contributed by atoms with Crippen molar-refractivity contribution in [2.45, 2.75) is 25.6 Å². The maximum absolute atomic E-state index is 13.4. The number of hydrogen-bond donors (Lipinski definition) is 1. The van der Waals surface area contributed by atoms with Crippen molar-refractivity contribution in [1.29, 1.82) is 5.26 Å². The number of benzene rings is 2. The molecule has 0 bridgehead atoms. The zero-order chi connectivity index (χ0) is 25.5. The number of alkyl halides is 3. The number of aromatic nitrogens is 1. The van der Waals surface area contributed by atoms with Gasteiger partial charge in [-0.15, -0.1) is 0 Å². The highest BCUT2D eigenvalue weighted by Crippen LogP contribution is 2.37. The van der Waals surface area contributed by atoms with Gasteiger partial charge >= 0.3 is 12.2 Å². The molecule has 0 spiro atoms. The van der Waals surface area contributed by atoms with Gasteiger partial charge in [0.25, 0.3) is 5.91 Å². The Hall–Kier alpha value is -4.46. The number of amides is 4. The van der Waals surface area contributed by atoms with Crippen LogP contribution in [0.25, 0.3) is 10.9 Å². The third kappa shape index (κ3) is 4.26. The molecule has 1 aromatic heterocycles. The quantitative estimate of drug-likeness (QED) is 0.559. The Kier molecular flexibility index (Phi) is 5.68. The first-order valence-electron chi connectivity index (χ1n) is 10.4. The van der Waals surface area contributed by atoms with E-state index in [1.54, 1.807) is 12.1 Å². The van der Waals surface area contributed by atoms with Crippen LogP contribution in [0, 0.1) is 11.3 Å². The van der Waals surface area contributed by atoms with E-state index in [1.807, 2.05) is 18.2 Å². The van der Waals surface area contributed by atoms with Gasteiger partial charge in [0.15, 0.2) is 0 Å². The average Bonchev–Trinajstić information content (AvgIpc) is 2.97. The average molecular weight is 481 g/mol. The summed E-state index contributed by atoms with van der Waals surface area (Å²) in [6.07, 6.45) is -3.42. The number of urea groups is 1. The number of carbonyl (C=O) groups is 3. The number of para-hydroxylation sites is 1. The van der Waals surface area contributed by atoms with Crippen LogP contribution in [0.4, 0.5) is 29.3 Å². The number of pyridine rings is 1. The summed E-state index contributed by atoms with van der Waals surface area (Å²) in [5.74, 6) is -1.42. The van der Waals surface area contributed by atoms with Crippen LogP contribution in [-0.2, 0) is 15.8 Å². The summed E-state index contributed by atoms with van der Waals surface area (Å²) in [7, 11) is 0. The summed E-state index contributed by atoms with van der Waals surface area (Å²) in [4.78, 5) is 44.6. The van der Waals surface area contributed by atoms with Gasteiger partial charge in [0.2, 0.25) is 5.91 Å². The normalized spacial score (nSPS) is 15.4. The highest BCUT2D eigenvalue weighted by atomic mass is 19.4. The third-order valence-electron chi connectivity index (χ3n) is 5.69. The second-order valence-corrected chi connectivity index (χ2v) is 8.37. The van der Waals surface area contributed by atoms with Gasteiger partial charge in [-0.1, -0.05) is 18.2 Å². The molecular formula is C24H18F3N5O3. The molecule has 0 radical (unpaired) electrons. The number of imide groups is 1. The zero-order valence-electron chi connectivity index (χ0n) is 18.6. The van der Waals surface area contributed by atoms with Crippen molar-refractivity contribution >= 4 is 40.1 Å². The van der Waals surface area contributed by atoms with Crippen LogP contribution >= 0.6 is 0 Å². The van der Waals surface area contributed by atoms with Gasteiger partial charge in [0, 0.05) is 5.39 Å². The molecule has 0 unspecified atom stereocenters. The van der Waals surface area contributed by atoms with Gasteiger partial charge < -0.3 is 10.2 Å². The van der Waals surface area contributed by atoms with E-state index in [4.69, 9.17) is 5.26 Å². The smallest absolute Gasteiger partial charge is 0.323 e. The first kappa shape index (κ1) is 23.7. The Morgan fingerprint density at radius 2 is 1.86 bits per heavy atom. The number of anilines is 2. The molecule has 0 aliphatic carbocycles. The molecule has 2 heterocycles. The Morgan fingerprint density at radius 1 is 1.14 bits per heavy atom.